The molecule has 0 radical (unpaired) electrons. The molecule has 14 heavy (non-hydrogen) atoms. The molecule has 4 nitrogen and oxygen atoms in total. The molecule has 1 saturated heterocycles. The molecule has 1 amide bonds. The molecule has 0 unspecified atom stereocenters. The molecule has 0 aromatic carbocycles. The predicted octanol–water partition coefficient (Wildman–Crippen LogP) is 0.0205. The Morgan fingerprint density at radius 3 is 2.57 bits per heavy atom. The van der Waals surface area contributed by atoms with Gasteiger partial charge in [-0.1, -0.05) is 0 Å². The van der Waals surface area contributed by atoms with Crippen molar-refractivity contribution in [2.75, 3.05) is 19.8 Å². The van der Waals surface area contributed by atoms with Crippen LogP contribution in [0.2, 0.25) is 0 Å². The highest BCUT2D eigenvalue weighted by molar-refractivity contribution is 5.85. The van der Waals surface area contributed by atoms with Crippen LogP contribution < -0.4 is 11.1 Å². The summed E-state index contributed by atoms with van der Waals surface area (Å²) in [7, 11) is 0. The van der Waals surface area contributed by atoms with Gasteiger partial charge in [-0.3, -0.25) is 4.79 Å². The van der Waals surface area contributed by atoms with E-state index in [9.17, 15) is 4.79 Å². The van der Waals surface area contributed by atoms with Gasteiger partial charge in [0.15, 0.2) is 0 Å². The topological polar surface area (TPSA) is 64.4 Å². The molecular weight excluding hydrogens is 180 g/mol. The second-order valence-electron chi connectivity index (χ2n) is 4.34. The third kappa shape index (κ3) is 1.91. The Kier molecular flexibility index (Phi) is 2.74. The first kappa shape index (κ1) is 9.93. The molecule has 1 heterocycles. The molecule has 0 bridgehead atoms. The molecule has 2 aliphatic rings. The smallest absolute Gasteiger partial charge is 0.227 e. The maximum absolute atomic E-state index is 11.8. The van der Waals surface area contributed by atoms with Crippen molar-refractivity contribution in [3.8, 4) is 0 Å². The summed E-state index contributed by atoms with van der Waals surface area (Å²) in [5, 5.41) is 3.07. The first-order valence-electron chi connectivity index (χ1n) is 5.36. The molecule has 0 spiro atoms. The molecule has 80 valence electrons. The second-order valence-corrected chi connectivity index (χ2v) is 4.34. The fraction of sp³-hybridized carbons (Fsp3) is 0.900. The van der Waals surface area contributed by atoms with Crippen molar-refractivity contribution in [3.63, 3.8) is 0 Å². The quantitative estimate of drug-likeness (QED) is 0.672. The van der Waals surface area contributed by atoms with E-state index in [1.54, 1.807) is 0 Å². The monoisotopic (exact) mass is 198 g/mol. The van der Waals surface area contributed by atoms with Crippen molar-refractivity contribution in [1.82, 2.24) is 5.32 Å². The highest BCUT2D eigenvalue weighted by Gasteiger charge is 2.48. The first-order valence-corrected chi connectivity index (χ1v) is 5.36. The van der Waals surface area contributed by atoms with Gasteiger partial charge in [-0.25, -0.2) is 0 Å². The third-order valence-electron chi connectivity index (χ3n) is 3.28. The van der Waals surface area contributed by atoms with Crippen LogP contribution in [-0.4, -0.2) is 31.7 Å². The second kappa shape index (κ2) is 3.87. The van der Waals surface area contributed by atoms with Crippen LogP contribution in [0.3, 0.4) is 0 Å². The molecule has 0 aromatic heterocycles. The SMILES string of the molecule is NCC1(C(=O)NC2CCOCC2)CC1. The number of hydrogen-bond donors (Lipinski definition) is 2. The van der Waals surface area contributed by atoms with Crippen molar-refractivity contribution < 1.29 is 9.53 Å². The van der Waals surface area contributed by atoms with Crippen LogP contribution in [0.5, 0.6) is 0 Å². The van der Waals surface area contributed by atoms with Crippen molar-refractivity contribution in [1.29, 1.82) is 0 Å². The van der Waals surface area contributed by atoms with Gasteiger partial charge in [-0.05, 0) is 25.7 Å². The minimum atomic E-state index is -0.210. The Bertz CT molecular complexity index is 220. The van der Waals surface area contributed by atoms with E-state index in [0.29, 0.717) is 12.6 Å². The van der Waals surface area contributed by atoms with Gasteiger partial charge in [0.2, 0.25) is 5.91 Å². The normalized spacial score (nSPS) is 25.8. The Morgan fingerprint density at radius 1 is 1.43 bits per heavy atom. The number of amides is 1. The third-order valence-corrected chi connectivity index (χ3v) is 3.28. The summed E-state index contributed by atoms with van der Waals surface area (Å²) in [6.07, 6.45) is 3.79. The zero-order valence-corrected chi connectivity index (χ0v) is 8.42. The molecular formula is C10H18N2O2. The lowest BCUT2D eigenvalue weighted by molar-refractivity contribution is -0.127. The average molecular weight is 198 g/mol. The van der Waals surface area contributed by atoms with Crippen LogP contribution in [0.1, 0.15) is 25.7 Å². The number of ether oxygens (including phenoxy) is 1. The zero-order chi connectivity index (χ0) is 10.0. The van der Waals surface area contributed by atoms with E-state index in [2.05, 4.69) is 5.32 Å². The molecule has 0 aromatic rings. The maximum atomic E-state index is 11.8. The lowest BCUT2D eigenvalue weighted by Crippen LogP contribution is -2.44. The summed E-state index contributed by atoms with van der Waals surface area (Å²) in [5.41, 5.74) is 5.38. The van der Waals surface area contributed by atoms with Gasteiger partial charge in [0, 0.05) is 25.8 Å². The lowest BCUT2D eigenvalue weighted by Gasteiger charge is -2.25. The fourth-order valence-corrected chi connectivity index (χ4v) is 1.86. The summed E-state index contributed by atoms with van der Waals surface area (Å²) >= 11 is 0. The Labute approximate surface area is 84.2 Å². The average Bonchev–Trinajstić information content (AvgIpc) is 3.00. The van der Waals surface area contributed by atoms with Crippen LogP contribution in [0.4, 0.5) is 0 Å². The number of rotatable bonds is 3. The van der Waals surface area contributed by atoms with Gasteiger partial charge < -0.3 is 15.8 Å². The van der Waals surface area contributed by atoms with Gasteiger partial charge in [0.25, 0.3) is 0 Å². The molecule has 2 rings (SSSR count). The van der Waals surface area contributed by atoms with Gasteiger partial charge in [-0.15, -0.1) is 0 Å². The van der Waals surface area contributed by atoms with Crippen LogP contribution in [-0.2, 0) is 9.53 Å². The molecule has 0 atom stereocenters. The maximum Gasteiger partial charge on any atom is 0.227 e. The predicted molar refractivity (Wildman–Crippen MR) is 52.7 cm³/mol. The van der Waals surface area contributed by atoms with Crippen molar-refractivity contribution >= 4 is 5.91 Å². The first-order chi connectivity index (χ1) is 6.77. The van der Waals surface area contributed by atoms with E-state index in [0.717, 1.165) is 38.9 Å². The van der Waals surface area contributed by atoms with Crippen LogP contribution in [0.25, 0.3) is 0 Å². The molecule has 4 heteroatoms. The van der Waals surface area contributed by atoms with E-state index in [1.807, 2.05) is 0 Å². The van der Waals surface area contributed by atoms with Crippen LogP contribution in [0, 0.1) is 5.41 Å². The summed E-state index contributed by atoms with van der Waals surface area (Å²) in [6, 6.07) is 0.306. The molecule has 1 saturated carbocycles. The highest BCUT2D eigenvalue weighted by Crippen LogP contribution is 2.44. The largest absolute Gasteiger partial charge is 0.381 e. The Hall–Kier alpha value is -0.610. The number of nitrogens with two attached hydrogens (primary N) is 1. The highest BCUT2D eigenvalue weighted by atomic mass is 16.5. The van der Waals surface area contributed by atoms with E-state index >= 15 is 0 Å². The van der Waals surface area contributed by atoms with Crippen molar-refractivity contribution in [2.24, 2.45) is 11.1 Å². The fourth-order valence-electron chi connectivity index (χ4n) is 1.86. The van der Waals surface area contributed by atoms with Crippen LogP contribution >= 0.6 is 0 Å². The molecule has 1 aliphatic carbocycles. The number of carbonyl (C=O) groups is 1. The molecule has 3 N–H and O–H groups in total. The van der Waals surface area contributed by atoms with E-state index < -0.39 is 0 Å². The van der Waals surface area contributed by atoms with Gasteiger partial charge in [0.05, 0.1) is 5.41 Å². The number of hydrogen-bond acceptors (Lipinski definition) is 3. The minimum Gasteiger partial charge on any atom is -0.381 e. The Balaban J connectivity index is 1.81. The van der Waals surface area contributed by atoms with Crippen molar-refractivity contribution in [3.05, 3.63) is 0 Å². The number of nitrogens with one attached hydrogen (secondary N) is 1. The molecule has 2 fully saturated rings. The Morgan fingerprint density at radius 2 is 2.07 bits per heavy atom. The molecule has 1 aliphatic heterocycles. The summed E-state index contributed by atoms with van der Waals surface area (Å²) in [4.78, 5) is 11.8. The summed E-state index contributed by atoms with van der Waals surface area (Å²) in [5.74, 6) is 0.159. The minimum absolute atomic E-state index is 0.159. The van der Waals surface area contributed by atoms with Crippen molar-refractivity contribution in [2.45, 2.75) is 31.7 Å². The van der Waals surface area contributed by atoms with E-state index in [-0.39, 0.29) is 11.3 Å². The van der Waals surface area contributed by atoms with E-state index in [1.165, 1.54) is 0 Å². The lowest BCUT2D eigenvalue weighted by atomic mass is 10.0. The van der Waals surface area contributed by atoms with Gasteiger partial charge in [-0.2, -0.15) is 0 Å². The summed E-state index contributed by atoms with van der Waals surface area (Å²) in [6.45, 7) is 2.02. The van der Waals surface area contributed by atoms with Crippen LogP contribution in [0.15, 0.2) is 0 Å². The zero-order valence-electron chi connectivity index (χ0n) is 8.42. The van der Waals surface area contributed by atoms with E-state index in [4.69, 9.17) is 10.5 Å². The number of carbonyl (C=O) groups excluding carboxylic acids is 1. The summed E-state index contributed by atoms with van der Waals surface area (Å²) < 4.78 is 5.23. The standard InChI is InChI=1S/C10H18N2O2/c11-7-10(3-4-10)9(13)12-8-1-5-14-6-2-8/h8H,1-7,11H2,(H,12,13). The van der Waals surface area contributed by atoms with Gasteiger partial charge >= 0.3 is 0 Å². The van der Waals surface area contributed by atoms with Gasteiger partial charge in [0.1, 0.15) is 0 Å².